The summed E-state index contributed by atoms with van der Waals surface area (Å²) in [6, 6.07) is 23.2. The third kappa shape index (κ3) is 4.36. The van der Waals surface area contributed by atoms with E-state index in [4.69, 9.17) is 0 Å². The summed E-state index contributed by atoms with van der Waals surface area (Å²) in [6.45, 7) is 3.88. The number of nitrogens with one attached hydrogen (secondary N) is 1. The number of carbonyl (C=O) groups is 2. The number of Topliss-reactive ketones (excluding diaryl/α,β-unsaturated/α-hetero) is 1. The minimum absolute atomic E-state index is 0.124. The maximum absolute atomic E-state index is 13.2. The van der Waals surface area contributed by atoms with Gasteiger partial charge in [0.1, 0.15) is 5.82 Å². The molecule has 0 spiro atoms. The standard InChI is InChI=1S/C23H18FNO2/c1-16(23(27)25-20-10-6-3-7-11-20)21(17-8-4-2-5-9-17)22(26)18-12-14-19(24)15-13-18/h2-15,21H,1H2,(H,25,27). The van der Waals surface area contributed by atoms with Gasteiger partial charge >= 0.3 is 0 Å². The van der Waals surface area contributed by atoms with Crippen LogP contribution in [0.1, 0.15) is 21.8 Å². The normalized spacial score (nSPS) is 11.4. The molecule has 3 nitrogen and oxygen atoms in total. The zero-order valence-corrected chi connectivity index (χ0v) is 14.6. The van der Waals surface area contributed by atoms with Crippen molar-refractivity contribution in [3.63, 3.8) is 0 Å². The topological polar surface area (TPSA) is 46.2 Å². The number of hydrogen-bond acceptors (Lipinski definition) is 2. The van der Waals surface area contributed by atoms with E-state index in [9.17, 15) is 14.0 Å². The average Bonchev–Trinajstić information content (AvgIpc) is 2.70. The molecule has 0 saturated heterocycles. The van der Waals surface area contributed by atoms with Gasteiger partial charge in [0.05, 0.1) is 5.92 Å². The molecule has 134 valence electrons. The Bertz CT molecular complexity index is 951. The Labute approximate surface area is 157 Å². The van der Waals surface area contributed by atoms with E-state index in [2.05, 4.69) is 11.9 Å². The van der Waals surface area contributed by atoms with Crippen LogP contribution in [0, 0.1) is 5.82 Å². The summed E-state index contributed by atoms with van der Waals surface area (Å²) < 4.78 is 13.2. The molecular formula is C23H18FNO2. The summed E-state index contributed by atoms with van der Waals surface area (Å²) in [7, 11) is 0. The van der Waals surface area contributed by atoms with E-state index in [0.29, 0.717) is 16.8 Å². The molecule has 3 aromatic carbocycles. The highest BCUT2D eigenvalue weighted by atomic mass is 19.1. The summed E-state index contributed by atoms with van der Waals surface area (Å²) in [5.41, 5.74) is 1.71. The Morgan fingerprint density at radius 2 is 1.37 bits per heavy atom. The lowest BCUT2D eigenvalue weighted by molar-refractivity contribution is -0.113. The Morgan fingerprint density at radius 1 is 0.815 bits per heavy atom. The lowest BCUT2D eigenvalue weighted by atomic mass is 9.84. The first kappa shape index (κ1) is 18.3. The van der Waals surface area contributed by atoms with Crippen LogP contribution in [0.15, 0.2) is 97.1 Å². The van der Waals surface area contributed by atoms with Crippen molar-refractivity contribution in [2.24, 2.45) is 0 Å². The van der Waals surface area contributed by atoms with E-state index < -0.39 is 17.6 Å². The molecule has 0 bridgehead atoms. The van der Waals surface area contributed by atoms with E-state index in [1.807, 2.05) is 12.1 Å². The Hall–Kier alpha value is -3.53. The van der Waals surface area contributed by atoms with Crippen molar-refractivity contribution in [1.29, 1.82) is 0 Å². The van der Waals surface area contributed by atoms with Crippen LogP contribution in [0.5, 0.6) is 0 Å². The number of benzene rings is 3. The van der Waals surface area contributed by atoms with Crippen LogP contribution < -0.4 is 5.32 Å². The molecule has 3 aromatic rings. The first-order chi connectivity index (χ1) is 13.1. The molecule has 0 saturated carbocycles. The second-order valence-electron chi connectivity index (χ2n) is 6.06. The van der Waals surface area contributed by atoms with Crippen molar-refractivity contribution in [2.75, 3.05) is 5.32 Å². The highest BCUT2D eigenvalue weighted by molar-refractivity contribution is 6.13. The van der Waals surface area contributed by atoms with Gasteiger partial charge in [-0.25, -0.2) is 4.39 Å². The van der Waals surface area contributed by atoms with Crippen molar-refractivity contribution in [3.05, 3.63) is 114 Å². The molecule has 0 aliphatic heterocycles. The van der Waals surface area contributed by atoms with Gasteiger partial charge < -0.3 is 5.32 Å². The van der Waals surface area contributed by atoms with E-state index in [1.54, 1.807) is 48.5 Å². The lowest BCUT2D eigenvalue weighted by Crippen LogP contribution is -2.24. The summed E-state index contributed by atoms with van der Waals surface area (Å²) in [6.07, 6.45) is 0. The third-order valence-corrected chi connectivity index (χ3v) is 4.20. The third-order valence-electron chi connectivity index (χ3n) is 4.20. The van der Waals surface area contributed by atoms with Crippen molar-refractivity contribution >= 4 is 17.4 Å². The molecule has 0 heterocycles. The fraction of sp³-hybridized carbons (Fsp3) is 0.0435. The number of halogens is 1. The first-order valence-corrected chi connectivity index (χ1v) is 8.46. The van der Waals surface area contributed by atoms with Gasteiger partial charge in [-0.1, -0.05) is 55.1 Å². The van der Waals surface area contributed by atoms with Crippen LogP contribution in [0.2, 0.25) is 0 Å². The van der Waals surface area contributed by atoms with Gasteiger partial charge in [-0.2, -0.15) is 0 Å². The summed E-state index contributed by atoms with van der Waals surface area (Å²) >= 11 is 0. The fourth-order valence-electron chi connectivity index (χ4n) is 2.80. The second-order valence-corrected chi connectivity index (χ2v) is 6.06. The SMILES string of the molecule is C=C(C(=O)Nc1ccccc1)C(C(=O)c1ccc(F)cc1)c1ccccc1. The van der Waals surface area contributed by atoms with E-state index in [0.717, 1.165) is 0 Å². The summed E-state index contributed by atoms with van der Waals surface area (Å²) in [5.74, 6) is -2.04. The van der Waals surface area contributed by atoms with E-state index in [1.165, 1.54) is 24.3 Å². The smallest absolute Gasteiger partial charge is 0.252 e. The Kier molecular flexibility index (Phi) is 5.57. The summed E-state index contributed by atoms with van der Waals surface area (Å²) in [4.78, 5) is 25.8. The van der Waals surface area contributed by atoms with Crippen LogP contribution in [0.25, 0.3) is 0 Å². The molecule has 1 N–H and O–H groups in total. The minimum Gasteiger partial charge on any atom is -0.322 e. The Morgan fingerprint density at radius 3 is 1.96 bits per heavy atom. The minimum atomic E-state index is -0.861. The predicted octanol–water partition coefficient (Wildman–Crippen LogP) is 4.99. The molecule has 0 aliphatic carbocycles. The maximum Gasteiger partial charge on any atom is 0.252 e. The zero-order chi connectivity index (χ0) is 19.2. The molecule has 4 heteroatoms. The molecule has 0 aliphatic rings. The maximum atomic E-state index is 13.2. The Balaban J connectivity index is 1.92. The van der Waals surface area contributed by atoms with Crippen LogP contribution in [-0.2, 0) is 4.79 Å². The molecule has 1 atom stereocenters. The number of anilines is 1. The number of amides is 1. The van der Waals surface area contributed by atoms with Crippen LogP contribution in [0.4, 0.5) is 10.1 Å². The van der Waals surface area contributed by atoms with Crippen LogP contribution in [-0.4, -0.2) is 11.7 Å². The van der Waals surface area contributed by atoms with E-state index >= 15 is 0 Å². The highest BCUT2D eigenvalue weighted by Crippen LogP contribution is 2.28. The zero-order valence-electron chi connectivity index (χ0n) is 14.6. The molecule has 3 rings (SSSR count). The van der Waals surface area contributed by atoms with E-state index in [-0.39, 0.29) is 11.4 Å². The average molecular weight is 359 g/mol. The molecule has 27 heavy (non-hydrogen) atoms. The van der Waals surface area contributed by atoms with Gasteiger partial charge in [0.15, 0.2) is 5.78 Å². The van der Waals surface area contributed by atoms with Gasteiger partial charge in [-0.15, -0.1) is 0 Å². The summed E-state index contributed by atoms with van der Waals surface area (Å²) in [5, 5.41) is 2.76. The van der Waals surface area contributed by atoms with Gasteiger partial charge in [0.25, 0.3) is 5.91 Å². The lowest BCUT2D eigenvalue weighted by Gasteiger charge is -2.19. The molecule has 1 unspecified atom stereocenters. The number of ketones is 1. The van der Waals surface area contributed by atoms with Gasteiger partial charge in [0.2, 0.25) is 0 Å². The van der Waals surface area contributed by atoms with Gasteiger partial charge in [-0.3, -0.25) is 9.59 Å². The molecular weight excluding hydrogens is 341 g/mol. The molecule has 0 aromatic heterocycles. The predicted molar refractivity (Wildman–Crippen MR) is 104 cm³/mol. The van der Waals surface area contributed by atoms with Crippen molar-refractivity contribution in [3.8, 4) is 0 Å². The van der Waals surface area contributed by atoms with Gasteiger partial charge in [-0.05, 0) is 42.0 Å². The van der Waals surface area contributed by atoms with Crippen molar-refractivity contribution in [1.82, 2.24) is 0 Å². The number of carbonyl (C=O) groups excluding carboxylic acids is 2. The number of hydrogen-bond donors (Lipinski definition) is 1. The van der Waals surface area contributed by atoms with Crippen LogP contribution in [0.3, 0.4) is 0 Å². The second kappa shape index (κ2) is 8.23. The van der Waals surface area contributed by atoms with Crippen molar-refractivity contribution in [2.45, 2.75) is 5.92 Å². The van der Waals surface area contributed by atoms with Crippen molar-refractivity contribution < 1.29 is 14.0 Å². The monoisotopic (exact) mass is 359 g/mol. The van der Waals surface area contributed by atoms with Crippen LogP contribution >= 0.6 is 0 Å². The highest BCUT2D eigenvalue weighted by Gasteiger charge is 2.28. The fourth-order valence-corrected chi connectivity index (χ4v) is 2.80. The first-order valence-electron chi connectivity index (χ1n) is 8.46. The van der Waals surface area contributed by atoms with Gasteiger partial charge in [0, 0.05) is 16.8 Å². The molecule has 1 amide bonds. The number of para-hydroxylation sites is 1. The largest absolute Gasteiger partial charge is 0.322 e. The molecule has 0 radical (unpaired) electrons. The number of rotatable bonds is 6. The molecule has 0 fully saturated rings. The quantitative estimate of drug-likeness (QED) is 0.498.